The van der Waals surface area contributed by atoms with E-state index in [4.69, 9.17) is 50.8 Å². The van der Waals surface area contributed by atoms with Gasteiger partial charge in [-0.15, -0.1) is 0 Å². The Morgan fingerprint density at radius 3 is 1.08 bits per heavy atom. The summed E-state index contributed by atoms with van der Waals surface area (Å²) >= 11 is 11.4. The Morgan fingerprint density at radius 1 is 0.553 bits per heavy atom. The van der Waals surface area contributed by atoms with E-state index in [9.17, 15) is 0 Å². The van der Waals surface area contributed by atoms with Gasteiger partial charge in [0.05, 0.1) is 39.6 Å². The number of rotatable bonds is 6. The van der Waals surface area contributed by atoms with E-state index in [2.05, 4.69) is 47.8 Å². The third-order valence-corrected chi connectivity index (χ3v) is 11.2. The van der Waals surface area contributed by atoms with Crippen molar-refractivity contribution >= 4 is 37.1 Å². The molecule has 0 bridgehead atoms. The highest BCUT2D eigenvalue weighted by atomic mass is 32.5. The Hall–Kier alpha value is 0.120. The average Bonchev–Trinajstić information content (AvgIpc) is 2.93. The largest absolute Gasteiger partial charge is 0.327 e. The predicted octanol–water partition coefficient (Wildman–Crippen LogP) is 2.99. The molecular weight excluding hydrogens is 566 g/mol. The SMILES string of the molecule is CN1CCOP(=S)(OCc2ccc(COP3(=S)OCCN(C)CCN(C)CCO3)cc2)OCCN(C)CC1. The first-order valence-corrected chi connectivity index (χ1v) is 18.2. The lowest BCUT2D eigenvalue weighted by atomic mass is 10.1. The lowest BCUT2D eigenvalue weighted by Gasteiger charge is -2.23. The van der Waals surface area contributed by atoms with Crippen LogP contribution in [0.2, 0.25) is 0 Å². The smallest absolute Gasteiger partial charge is 0.307 e. The molecule has 0 aliphatic carbocycles. The van der Waals surface area contributed by atoms with Crippen LogP contribution in [-0.4, -0.2) is 127 Å². The molecule has 218 valence electrons. The van der Waals surface area contributed by atoms with E-state index in [1.807, 2.05) is 24.3 Å². The van der Waals surface area contributed by atoms with Crippen molar-refractivity contribution in [3.05, 3.63) is 35.4 Å². The fraction of sp³-hybridized carbons (Fsp3) is 0.750. The van der Waals surface area contributed by atoms with E-state index in [0.29, 0.717) is 39.6 Å². The maximum atomic E-state index is 6.04. The van der Waals surface area contributed by atoms with Crippen molar-refractivity contribution in [2.75, 3.05) is 107 Å². The lowest BCUT2D eigenvalue weighted by Crippen LogP contribution is -2.33. The molecule has 0 amide bonds. The molecule has 0 aromatic heterocycles. The van der Waals surface area contributed by atoms with Crippen LogP contribution in [0.15, 0.2) is 24.3 Å². The molecule has 0 saturated carbocycles. The van der Waals surface area contributed by atoms with Crippen LogP contribution in [0.1, 0.15) is 11.1 Å². The highest BCUT2D eigenvalue weighted by Crippen LogP contribution is 2.51. The zero-order valence-corrected chi connectivity index (χ0v) is 26.6. The van der Waals surface area contributed by atoms with E-state index in [-0.39, 0.29) is 0 Å². The van der Waals surface area contributed by atoms with Gasteiger partial charge in [0, 0.05) is 52.4 Å². The van der Waals surface area contributed by atoms with Crippen molar-refractivity contribution in [2.45, 2.75) is 13.2 Å². The van der Waals surface area contributed by atoms with Crippen LogP contribution in [0.5, 0.6) is 0 Å². The summed E-state index contributed by atoms with van der Waals surface area (Å²) in [7, 11) is 8.33. The molecule has 0 N–H and O–H groups in total. The van der Waals surface area contributed by atoms with Gasteiger partial charge in [-0.25, -0.2) is 0 Å². The van der Waals surface area contributed by atoms with Crippen LogP contribution in [0.3, 0.4) is 0 Å². The van der Waals surface area contributed by atoms with E-state index in [1.165, 1.54) is 0 Å². The fourth-order valence-corrected chi connectivity index (χ4v) is 7.12. The van der Waals surface area contributed by atoms with Gasteiger partial charge in [-0.1, -0.05) is 24.3 Å². The summed E-state index contributed by atoms with van der Waals surface area (Å²) < 4.78 is 35.9. The first-order chi connectivity index (χ1) is 18.1. The van der Waals surface area contributed by atoms with E-state index in [1.54, 1.807) is 0 Å². The average molecular weight is 611 g/mol. The molecule has 2 heterocycles. The summed E-state index contributed by atoms with van der Waals surface area (Å²) in [6, 6.07) is 7.97. The van der Waals surface area contributed by atoms with Crippen LogP contribution in [0.4, 0.5) is 0 Å². The number of nitrogens with zero attached hydrogens (tertiary/aromatic N) is 4. The maximum Gasteiger partial charge on any atom is 0.327 e. The van der Waals surface area contributed by atoms with Crippen molar-refractivity contribution in [1.82, 2.24) is 19.6 Å². The molecule has 3 rings (SSSR count). The van der Waals surface area contributed by atoms with Crippen LogP contribution < -0.4 is 0 Å². The minimum Gasteiger partial charge on any atom is -0.307 e. The van der Waals surface area contributed by atoms with E-state index < -0.39 is 13.4 Å². The zero-order chi connectivity index (χ0) is 27.4. The van der Waals surface area contributed by atoms with Crippen molar-refractivity contribution in [1.29, 1.82) is 0 Å². The van der Waals surface area contributed by atoms with Gasteiger partial charge in [0.1, 0.15) is 0 Å². The van der Waals surface area contributed by atoms with Crippen molar-refractivity contribution in [3.8, 4) is 0 Å². The first kappa shape index (κ1) is 32.6. The summed E-state index contributed by atoms with van der Waals surface area (Å²) in [6.45, 7) is 3.89. The third kappa shape index (κ3) is 12.3. The number of likely N-dealkylation sites (N-methyl/N-ethyl adjacent to an activating group) is 4. The Labute approximate surface area is 238 Å². The number of hydrogen-bond acceptors (Lipinski definition) is 12. The second-order valence-corrected chi connectivity index (χ2v) is 15.8. The summed E-state index contributed by atoms with van der Waals surface area (Å²) in [5, 5.41) is 0. The standard InChI is InChI=1S/C24H44N4O6P2S2/c1-25-9-10-26(2)14-18-30-35(37,29-17-13-25)33-21-23-5-7-24(8-6-23)22-34-36(38)31-19-15-27(3)11-12-28(4)16-20-32-36/h5-8H,9-22H2,1-4H3. The van der Waals surface area contributed by atoms with Crippen LogP contribution in [0.25, 0.3) is 0 Å². The summed E-state index contributed by atoms with van der Waals surface area (Å²) in [5.74, 6) is 0. The number of hydrogen-bond donors (Lipinski definition) is 0. The Balaban J connectivity index is 1.51. The van der Waals surface area contributed by atoms with Crippen molar-refractivity contribution in [2.24, 2.45) is 0 Å². The van der Waals surface area contributed by atoms with Crippen LogP contribution in [0, 0.1) is 0 Å². The molecule has 1 aromatic carbocycles. The predicted molar refractivity (Wildman–Crippen MR) is 158 cm³/mol. The molecule has 2 saturated heterocycles. The summed E-state index contributed by atoms with van der Waals surface area (Å²) in [5.41, 5.74) is 1.95. The molecule has 0 radical (unpaired) electrons. The first-order valence-electron chi connectivity index (χ1n) is 13.0. The molecule has 2 fully saturated rings. The molecule has 38 heavy (non-hydrogen) atoms. The van der Waals surface area contributed by atoms with Gasteiger partial charge in [-0.2, -0.15) is 0 Å². The zero-order valence-electron chi connectivity index (χ0n) is 23.2. The Bertz CT molecular complexity index is 819. The fourth-order valence-electron chi connectivity index (χ4n) is 3.63. The van der Waals surface area contributed by atoms with Gasteiger partial charge in [-0.05, 0) is 62.9 Å². The second kappa shape index (κ2) is 16.5. The minimum atomic E-state index is -2.84. The van der Waals surface area contributed by atoms with Gasteiger partial charge in [0.2, 0.25) is 0 Å². The van der Waals surface area contributed by atoms with Gasteiger partial charge < -0.3 is 46.7 Å². The Kier molecular flexibility index (Phi) is 14.2. The normalized spacial score (nSPS) is 24.3. The third-order valence-electron chi connectivity index (χ3n) is 6.42. The molecular formula is C24H44N4O6P2S2. The van der Waals surface area contributed by atoms with Gasteiger partial charge in [0.25, 0.3) is 0 Å². The monoisotopic (exact) mass is 610 g/mol. The molecule has 0 atom stereocenters. The van der Waals surface area contributed by atoms with E-state index >= 15 is 0 Å². The quantitative estimate of drug-likeness (QED) is 0.445. The highest BCUT2D eigenvalue weighted by molar-refractivity contribution is 8.07. The Morgan fingerprint density at radius 2 is 0.816 bits per heavy atom. The molecule has 2 aliphatic heterocycles. The highest BCUT2D eigenvalue weighted by Gasteiger charge is 2.24. The van der Waals surface area contributed by atoms with Crippen molar-refractivity contribution < 1.29 is 27.1 Å². The molecule has 14 heteroatoms. The lowest BCUT2D eigenvalue weighted by molar-refractivity contribution is 0.140. The van der Waals surface area contributed by atoms with Crippen LogP contribution >= 0.6 is 13.4 Å². The van der Waals surface area contributed by atoms with Crippen LogP contribution in [-0.2, 0) is 64.0 Å². The molecule has 0 spiro atoms. The van der Waals surface area contributed by atoms with Gasteiger partial charge >= 0.3 is 13.4 Å². The summed E-state index contributed by atoms with van der Waals surface area (Å²) in [4.78, 5) is 8.91. The molecule has 2 aliphatic rings. The second-order valence-electron chi connectivity index (χ2n) is 9.80. The van der Waals surface area contributed by atoms with Gasteiger partial charge in [-0.3, -0.25) is 0 Å². The maximum absolute atomic E-state index is 6.04. The van der Waals surface area contributed by atoms with Crippen molar-refractivity contribution in [3.63, 3.8) is 0 Å². The molecule has 0 unspecified atom stereocenters. The molecule has 1 aromatic rings. The topological polar surface area (TPSA) is 68.3 Å². The minimum absolute atomic E-state index is 0.315. The number of benzene rings is 1. The van der Waals surface area contributed by atoms with Gasteiger partial charge in [0.15, 0.2) is 0 Å². The summed E-state index contributed by atoms with van der Waals surface area (Å²) in [6.07, 6.45) is 0. The molecule has 10 nitrogen and oxygen atoms in total. The van der Waals surface area contributed by atoms with E-state index in [0.717, 1.165) is 63.5 Å².